The largest absolute Gasteiger partial charge is 1.00 e. The van der Waals surface area contributed by atoms with Crippen LogP contribution in [0.15, 0.2) is 24.3 Å². The van der Waals surface area contributed by atoms with Crippen LogP contribution in [0, 0.1) is 0 Å². The Labute approximate surface area is 191 Å². The zero-order valence-corrected chi connectivity index (χ0v) is 20.1. The number of para-hydroxylation sites is 2. The first-order valence-electron chi connectivity index (χ1n) is 11.3. The maximum atomic E-state index is 4.66. The van der Waals surface area contributed by atoms with Gasteiger partial charge < -0.3 is 6.41 Å². The number of imidazole rings is 1. The van der Waals surface area contributed by atoms with Gasteiger partial charge in [-0.05, 0) is 18.6 Å². The molecule has 0 amide bonds. The van der Waals surface area contributed by atoms with Crippen LogP contribution >= 0.6 is 0 Å². The second kappa shape index (κ2) is 16.6. The molecule has 0 spiro atoms. The minimum atomic E-state index is 0. The number of benzene rings is 1. The average Bonchev–Trinajstić information content (AvgIpc) is 3.07. The Morgan fingerprint density at radius 2 is 1.19 bits per heavy atom. The van der Waals surface area contributed by atoms with Crippen LogP contribution in [0.25, 0.3) is 11.0 Å². The van der Waals surface area contributed by atoms with Crippen molar-refractivity contribution in [3.63, 3.8) is 0 Å². The molecule has 1 aromatic carbocycles. The third kappa shape index (κ3) is 11.3. The van der Waals surface area contributed by atoms with E-state index in [0.717, 1.165) is 17.8 Å². The number of rotatable bonds is 16. The molecule has 1 aromatic heterocycles. The predicted octanol–water partition coefficient (Wildman–Crippen LogP) is 5.09. The van der Waals surface area contributed by atoms with Crippen LogP contribution in [-0.2, 0) is 6.42 Å². The Hall–Kier alpha value is -0.310. The molecule has 0 bridgehead atoms. The van der Waals surface area contributed by atoms with Gasteiger partial charge in [0.2, 0.25) is 0 Å². The average molecular weight is 381 g/mol. The number of hydrogen-bond acceptors (Lipinski definition) is 1. The van der Waals surface area contributed by atoms with Gasteiger partial charge >= 0.3 is 29.6 Å². The Kier molecular flexibility index (Phi) is 15.2. The summed E-state index contributed by atoms with van der Waals surface area (Å²) in [4.78, 5) is 8.09. The molecule has 148 valence electrons. The predicted molar refractivity (Wildman–Crippen MR) is 116 cm³/mol. The van der Waals surface area contributed by atoms with Gasteiger partial charge in [0.1, 0.15) is 5.82 Å². The fraction of sp³-hybridized carbons (Fsp3) is 0.708. The molecule has 27 heavy (non-hydrogen) atoms. The molecule has 0 aliphatic rings. The Bertz CT molecular complexity index is 552. The Morgan fingerprint density at radius 3 is 1.70 bits per heavy atom. The quantitative estimate of drug-likeness (QED) is 0.319. The number of nitrogens with zero attached hydrogens (tertiary/aromatic N) is 1. The van der Waals surface area contributed by atoms with Crippen LogP contribution in [0.1, 0.15) is 110 Å². The van der Waals surface area contributed by atoms with E-state index in [2.05, 4.69) is 41.2 Å². The van der Waals surface area contributed by atoms with E-state index in [0.29, 0.717) is 0 Å². The molecule has 1 N–H and O–H groups in total. The number of aromatic nitrogens is 2. The molecule has 2 nitrogen and oxygen atoms in total. The van der Waals surface area contributed by atoms with Crippen molar-refractivity contribution in [1.82, 2.24) is 9.97 Å². The van der Waals surface area contributed by atoms with Crippen molar-refractivity contribution in [3.8, 4) is 0 Å². The summed E-state index contributed by atoms with van der Waals surface area (Å²) in [6, 6.07) is 8.32. The second-order valence-corrected chi connectivity index (χ2v) is 7.90. The molecule has 0 aliphatic heterocycles. The minimum absolute atomic E-state index is 0. The zero-order chi connectivity index (χ0) is 18.3. The molecular formula is C24H41N2Na. The molecule has 0 fully saturated rings. The number of fused-ring (bicyclic) bond motifs is 1. The minimum Gasteiger partial charge on any atom is -1.00 e. The fourth-order valence-corrected chi connectivity index (χ4v) is 3.79. The smallest absolute Gasteiger partial charge is 1.00 e. The van der Waals surface area contributed by atoms with Crippen LogP contribution in [0.5, 0.6) is 0 Å². The topological polar surface area (TPSA) is 28.7 Å². The SMILES string of the molecule is CCCCCCCCCCCCCCCCCc1nc2ccccc2[nH]1.[H-].[Na+]. The summed E-state index contributed by atoms with van der Waals surface area (Å²) in [6.07, 6.45) is 22.4. The summed E-state index contributed by atoms with van der Waals surface area (Å²) in [5, 5.41) is 0. The third-order valence-electron chi connectivity index (χ3n) is 5.46. The summed E-state index contributed by atoms with van der Waals surface area (Å²) in [5.74, 6) is 1.15. The van der Waals surface area contributed by atoms with Crippen molar-refractivity contribution in [2.75, 3.05) is 0 Å². The van der Waals surface area contributed by atoms with E-state index in [-0.39, 0.29) is 31.0 Å². The molecule has 2 aromatic rings. The fourth-order valence-electron chi connectivity index (χ4n) is 3.79. The molecular weight excluding hydrogens is 339 g/mol. The number of unbranched alkanes of at least 4 members (excludes halogenated alkanes) is 14. The first kappa shape index (κ1) is 24.7. The van der Waals surface area contributed by atoms with Gasteiger partial charge in [0, 0.05) is 6.42 Å². The number of nitrogens with one attached hydrogen (secondary N) is 1. The molecule has 0 saturated carbocycles. The van der Waals surface area contributed by atoms with Crippen LogP contribution in [-0.4, -0.2) is 9.97 Å². The molecule has 2 rings (SSSR count). The summed E-state index contributed by atoms with van der Waals surface area (Å²) in [5.41, 5.74) is 2.27. The van der Waals surface area contributed by atoms with E-state index < -0.39 is 0 Å². The van der Waals surface area contributed by atoms with Crippen molar-refractivity contribution < 1.29 is 31.0 Å². The molecule has 0 saturated heterocycles. The maximum absolute atomic E-state index is 4.66. The van der Waals surface area contributed by atoms with Gasteiger partial charge in [-0.2, -0.15) is 0 Å². The van der Waals surface area contributed by atoms with Gasteiger partial charge in [-0.15, -0.1) is 0 Å². The molecule has 0 atom stereocenters. The number of H-pyrrole nitrogens is 1. The third-order valence-corrected chi connectivity index (χ3v) is 5.46. The maximum Gasteiger partial charge on any atom is 1.00 e. The summed E-state index contributed by atoms with van der Waals surface area (Å²) in [7, 11) is 0. The van der Waals surface area contributed by atoms with Crippen LogP contribution in [0.3, 0.4) is 0 Å². The standard InChI is InChI=1S/C24H40N2.Na.H/c1-2-3-4-5-6-7-8-9-10-11-12-13-14-15-16-21-24-25-22-19-17-18-20-23(22)26-24;;/h17-20H,2-16,21H2,1H3,(H,25,26);;/q;+1;-1. The molecule has 1 heterocycles. The van der Waals surface area contributed by atoms with E-state index in [1.165, 1.54) is 102 Å². The van der Waals surface area contributed by atoms with Crippen LogP contribution in [0.2, 0.25) is 0 Å². The van der Waals surface area contributed by atoms with Crippen molar-refractivity contribution in [3.05, 3.63) is 30.1 Å². The van der Waals surface area contributed by atoms with E-state index in [1.807, 2.05) is 0 Å². The summed E-state index contributed by atoms with van der Waals surface area (Å²) < 4.78 is 0. The number of hydrogen-bond donors (Lipinski definition) is 1. The molecule has 0 aliphatic carbocycles. The van der Waals surface area contributed by atoms with Crippen LogP contribution in [0.4, 0.5) is 0 Å². The van der Waals surface area contributed by atoms with Gasteiger partial charge in [0.25, 0.3) is 0 Å². The second-order valence-electron chi connectivity index (χ2n) is 7.90. The van der Waals surface area contributed by atoms with Crippen molar-refractivity contribution in [1.29, 1.82) is 0 Å². The van der Waals surface area contributed by atoms with E-state index >= 15 is 0 Å². The molecule has 0 unspecified atom stereocenters. The summed E-state index contributed by atoms with van der Waals surface area (Å²) >= 11 is 0. The van der Waals surface area contributed by atoms with Gasteiger partial charge in [0.05, 0.1) is 11.0 Å². The zero-order valence-electron chi connectivity index (χ0n) is 19.1. The van der Waals surface area contributed by atoms with Crippen molar-refractivity contribution in [2.45, 2.75) is 110 Å². The van der Waals surface area contributed by atoms with Gasteiger partial charge in [-0.25, -0.2) is 4.98 Å². The van der Waals surface area contributed by atoms with Gasteiger partial charge in [-0.1, -0.05) is 109 Å². The van der Waals surface area contributed by atoms with E-state index in [4.69, 9.17) is 0 Å². The number of aryl methyl sites for hydroxylation is 1. The molecule has 3 heteroatoms. The van der Waals surface area contributed by atoms with Gasteiger partial charge in [-0.3, -0.25) is 0 Å². The molecule has 0 radical (unpaired) electrons. The number of aromatic amines is 1. The van der Waals surface area contributed by atoms with E-state index in [1.54, 1.807) is 0 Å². The Morgan fingerprint density at radius 1 is 0.704 bits per heavy atom. The first-order valence-corrected chi connectivity index (χ1v) is 11.3. The Balaban J connectivity index is 0.00000364. The monoisotopic (exact) mass is 380 g/mol. The first-order chi connectivity index (χ1) is 12.9. The van der Waals surface area contributed by atoms with Crippen molar-refractivity contribution >= 4 is 11.0 Å². The van der Waals surface area contributed by atoms with Crippen LogP contribution < -0.4 is 29.6 Å². The van der Waals surface area contributed by atoms with Crippen molar-refractivity contribution in [2.24, 2.45) is 0 Å². The summed E-state index contributed by atoms with van der Waals surface area (Å²) in [6.45, 7) is 2.29. The van der Waals surface area contributed by atoms with Gasteiger partial charge in [0.15, 0.2) is 0 Å². The normalized spacial score (nSPS) is 11.0. The van der Waals surface area contributed by atoms with E-state index in [9.17, 15) is 0 Å².